The predicted molar refractivity (Wildman–Crippen MR) is 209 cm³/mol. The summed E-state index contributed by atoms with van der Waals surface area (Å²) < 4.78 is 2.44. The van der Waals surface area contributed by atoms with E-state index >= 15 is 0 Å². The van der Waals surface area contributed by atoms with Crippen LogP contribution in [-0.2, 0) is 0 Å². The van der Waals surface area contributed by atoms with Crippen molar-refractivity contribution >= 4 is 43.7 Å². The molecular weight excluding hydrogens is 591 g/mol. The summed E-state index contributed by atoms with van der Waals surface area (Å²) in [5.41, 5.74) is 16.3. The number of aromatic nitrogens is 1. The molecule has 9 aromatic rings. The van der Waals surface area contributed by atoms with Crippen molar-refractivity contribution < 1.29 is 0 Å². The fourth-order valence-corrected chi connectivity index (χ4v) is 7.93. The third-order valence-corrected chi connectivity index (χ3v) is 10.3. The van der Waals surface area contributed by atoms with Crippen LogP contribution in [0.2, 0.25) is 0 Å². The first-order valence-corrected chi connectivity index (χ1v) is 17.2. The van der Waals surface area contributed by atoms with Crippen molar-refractivity contribution in [3.8, 4) is 44.5 Å². The lowest BCUT2D eigenvalue weighted by molar-refractivity contribution is 1.04. The Balaban J connectivity index is 1.02. The molecule has 0 fully saturated rings. The van der Waals surface area contributed by atoms with E-state index in [0.717, 1.165) is 12.8 Å². The number of allylic oxidation sites excluding steroid dienone is 4. The Hall–Kier alpha value is -6.18. The van der Waals surface area contributed by atoms with Gasteiger partial charge >= 0.3 is 0 Å². The third-order valence-electron chi connectivity index (χ3n) is 10.3. The molecule has 49 heavy (non-hydrogen) atoms. The molecule has 0 saturated heterocycles. The average Bonchev–Trinajstić information content (AvgIpc) is 3.71. The van der Waals surface area contributed by atoms with Crippen molar-refractivity contribution in [3.63, 3.8) is 0 Å². The van der Waals surface area contributed by atoms with E-state index in [1.54, 1.807) is 0 Å². The second-order valence-electron chi connectivity index (χ2n) is 13.2. The van der Waals surface area contributed by atoms with Crippen LogP contribution in [0, 0.1) is 0 Å². The van der Waals surface area contributed by atoms with Gasteiger partial charge in [0.05, 0.1) is 16.6 Å². The van der Waals surface area contributed by atoms with Gasteiger partial charge in [0.2, 0.25) is 0 Å². The molecule has 0 atom stereocenters. The van der Waals surface area contributed by atoms with Crippen molar-refractivity contribution in [2.75, 3.05) is 0 Å². The Bertz CT molecular complexity index is 2740. The maximum Gasteiger partial charge on any atom is 0.0620 e. The van der Waals surface area contributed by atoms with E-state index in [1.165, 1.54) is 93.7 Å². The number of nitrogens with zero attached hydrogens (tertiary/aromatic N) is 1. The molecule has 0 amide bonds. The predicted octanol–water partition coefficient (Wildman–Crippen LogP) is 13.2. The summed E-state index contributed by atoms with van der Waals surface area (Å²) >= 11 is 0. The summed E-state index contributed by atoms with van der Waals surface area (Å²) in [6, 6.07) is 58.2. The van der Waals surface area contributed by atoms with Crippen LogP contribution in [0.1, 0.15) is 18.4 Å². The summed E-state index contributed by atoms with van der Waals surface area (Å²) in [6.07, 6.45) is 9.14. The standard InChI is InChI=1S/C48H33N/c1-3-11-32(12-4-1)39-28-40(33-13-5-2-6-14-33)30-41(29-39)37-16-9-15-36(27-37)34-21-23-35(24-22-34)38-25-26-47-45(31-38)44-19-10-18-43-42-17-7-8-20-46(42)49(47)48(43)44/h1,3-5,7-31H,2,6H2. The zero-order valence-electron chi connectivity index (χ0n) is 27.1. The smallest absolute Gasteiger partial charge is 0.0620 e. The van der Waals surface area contributed by atoms with Gasteiger partial charge in [-0.2, -0.15) is 0 Å². The Morgan fingerprint density at radius 2 is 0.878 bits per heavy atom. The second kappa shape index (κ2) is 11.2. The zero-order chi connectivity index (χ0) is 32.3. The van der Waals surface area contributed by atoms with Gasteiger partial charge in [-0.1, -0.05) is 133 Å². The van der Waals surface area contributed by atoms with Crippen LogP contribution in [0.15, 0.2) is 176 Å². The molecule has 0 aliphatic heterocycles. The minimum absolute atomic E-state index is 1.09. The maximum atomic E-state index is 2.44. The van der Waals surface area contributed by atoms with Crippen LogP contribution in [0.3, 0.4) is 0 Å². The number of hydrogen-bond acceptors (Lipinski definition) is 0. The van der Waals surface area contributed by atoms with Crippen molar-refractivity contribution in [1.82, 2.24) is 4.40 Å². The van der Waals surface area contributed by atoms with Crippen molar-refractivity contribution in [2.45, 2.75) is 12.8 Å². The molecule has 1 nitrogen and oxygen atoms in total. The van der Waals surface area contributed by atoms with Crippen LogP contribution < -0.4 is 0 Å². The van der Waals surface area contributed by atoms with Crippen LogP contribution >= 0.6 is 0 Å². The second-order valence-corrected chi connectivity index (χ2v) is 13.2. The van der Waals surface area contributed by atoms with Gasteiger partial charge in [0, 0.05) is 21.5 Å². The van der Waals surface area contributed by atoms with E-state index in [0.29, 0.717) is 0 Å². The van der Waals surface area contributed by atoms with Crippen molar-refractivity contribution in [2.24, 2.45) is 0 Å². The fraction of sp³-hybridized carbons (Fsp3) is 0.0417. The molecule has 0 N–H and O–H groups in total. The van der Waals surface area contributed by atoms with Crippen molar-refractivity contribution in [1.29, 1.82) is 0 Å². The van der Waals surface area contributed by atoms with Gasteiger partial charge < -0.3 is 4.40 Å². The minimum Gasteiger partial charge on any atom is -0.308 e. The van der Waals surface area contributed by atoms with E-state index in [1.807, 2.05) is 0 Å². The lowest BCUT2D eigenvalue weighted by Gasteiger charge is -2.14. The molecule has 0 spiro atoms. The van der Waals surface area contributed by atoms with Crippen LogP contribution in [-0.4, -0.2) is 4.40 Å². The minimum atomic E-state index is 1.09. The Kier molecular flexibility index (Phi) is 6.38. The number of rotatable bonds is 5. The summed E-state index contributed by atoms with van der Waals surface area (Å²) in [6.45, 7) is 0. The lowest BCUT2D eigenvalue weighted by Crippen LogP contribution is -1.90. The van der Waals surface area contributed by atoms with Crippen LogP contribution in [0.5, 0.6) is 0 Å². The molecule has 0 saturated carbocycles. The maximum absolute atomic E-state index is 2.44. The number of para-hydroxylation sites is 2. The van der Waals surface area contributed by atoms with Gasteiger partial charge in [-0.15, -0.1) is 0 Å². The summed E-state index contributed by atoms with van der Waals surface area (Å²) in [4.78, 5) is 0. The molecule has 2 heterocycles. The van der Waals surface area contributed by atoms with Gasteiger partial charge in [0.15, 0.2) is 0 Å². The largest absolute Gasteiger partial charge is 0.308 e. The highest BCUT2D eigenvalue weighted by Gasteiger charge is 2.17. The molecule has 1 aliphatic carbocycles. The highest BCUT2D eigenvalue weighted by molar-refractivity contribution is 6.23. The quantitative estimate of drug-likeness (QED) is 0.180. The Morgan fingerprint density at radius 1 is 0.347 bits per heavy atom. The topological polar surface area (TPSA) is 4.41 Å². The molecule has 7 aromatic carbocycles. The molecular formula is C48H33N. The monoisotopic (exact) mass is 623 g/mol. The first-order valence-electron chi connectivity index (χ1n) is 17.2. The molecule has 2 aromatic heterocycles. The van der Waals surface area contributed by atoms with E-state index < -0.39 is 0 Å². The highest BCUT2D eigenvalue weighted by Crippen LogP contribution is 2.40. The first kappa shape index (κ1) is 27.9. The highest BCUT2D eigenvalue weighted by atomic mass is 14.9. The fourth-order valence-electron chi connectivity index (χ4n) is 7.93. The molecule has 10 rings (SSSR count). The van der Waals surface area contributed by atoms with Gasteiger partial charge in [0.25, 0.3) is 0 Å². The van der Waals surface area contributed by atoms with Crippen LogP contribution in [0.4, 0.5) is 0 Å². The lowest BCUT2D eigenvalue weighted by atomic mass is 9.90. The molecule has 1 aliphatic rings. The molecule has 1 heteroatoms. The summed E-state index contributed by atoms with van der Waals surface area (Å²) in [5, 5.41) is 5.26. The zero-order valence-corrected chi connectivity index (χ0v) is 27.1. The van der Waals surface area contributed by atoms with Crippen LogP contribution in [0.25, 0.3) is 88.2 Å². The first-order chi connectivity index (χ1) is 24.3. The van der Waals surface area contributed by atoms with E-state index in [2.05, 4.69) is 180 Å². The third kappa shape index (κ3) is 4.62. The molecule has 0 bridgehead atoms. The Labute approximate surface area is 286 Å². The van der Waals surface area contributed by atoms with Crippen molar-refractivity contribution in [3.05, 3.63) is 182 Å². The number of fused-ring (bicyclic) bond motifs is 6. The number of hydrogen-bond donors (Lipinski definition) is 0. The number of benzene rings is 7. The van der Waals surface area contributed by atoms with E-state index in [9.17, 15) is 0 Å². The molecule has 0 radical (unpaired) electrons. The normalized spacial score (nSPS) is 13.2. The van der Waals surface area contributed by atoms with Gasteiger partial charge in [-0.05, 0) is 111 Å². The van der Waals surface area contributed by atoms with E-state index in [-0.39, 0.29) is 0 Å². The molecule has 230 valence electrons. The molecule has 0 unspecified atom stereocenters. The SMILES string of the molecule is C1=CC(c2cc(-c3ccccc3)cc(-c3cccc(-c4ccc(-c5ccc6c(c5)c5cccc7c8ccccc8n6c75)cc4)c3)c2)=CCC1. The Morgan fingerprint density at radius 3 is 1.65 bits per heavy atom. The summed E-state index contributed by atoms with van der Waals surface area (Å²) in [7, 11) is 0. The van der Waals surface area contributed by atoms with Gasteiger partial charge in [-0.3, -0.25) is 0 Å². The summed E-state index contributed by atoms with van der Waals surface area (Å²) in [5.74, 6) is 0. The van der Waals surface area contributed by atoms with Gasteiger partial charge in [0.1, 0.15) is 0 Å². The average molecular weight is 624 g/mol. The van der Waals surface area contributed by atoms with Gasteiger partial charge in [-0.25, -0.2) is 0 Å². The van der Waals surface area contributed by atoms with E-state index in [4.69, 9.17) is 0 Å².